The summed E-state index contributed by atoms with van der Waals surface area (Å²) in [5.74, 6) is 0. The van der Waals surface area contributed by atoms with Crippen LogP contribution in [0.4, 0.5) is 0 Å². The van der Waals surface area contributed by atoms with E-state index in [2.05, 4.69) is 26.1 Å². The zero-order valence-electron chi connectivity index (χ0n) is 8.11. The predicted octanol–water partition coefficient (Wildman–Crippen LogP) is 1.50. The minimum atomic E-state index is 0.329. The molecule has 0 saturated carbocycles. The summed E-state index contributed by atoms with van der Waals surface area (Å²) in [6, 6.07) is 0. The van der Waals surface area contributed by atoms with Gasteiger partial charge < -0.3 is 11.1 Å². The van der Waals surface area contributed by atoms with E-state index in [4.69, 9.17) is 5.73 Å². The lowest BCUT2D eigenvalue weighted by molar-refractivity contribution is 0.331. The van der Waals surface area contributed by atoms with Crippen molar-refractivity contribution in [3.8, 4) is 0 Å². The van der Waals surface area contributed by atoms with Crippen LogP contribution in [0.3, 0.4) is 0 Å². The molecule has 2 nitrogen and oxygen atoms in total. The molecule has 0 heterocycles. The lowest BCUT2D eigenvalue weighted by Gasteiger charge is -2.28. The van der Waals surface area contributed by atoms with E-state index in [0.29, 0.717) is 5.54 Å². The van der Waals surface area contributed by atoms with Crippen molar-refractivity contribution < 1.29 is 0 Å². The fraction of sp³-hybridized carbons (Fsp3) is 1.00. The largest absolute Gasteiger partial charge is 0.330 e. The van der Waals surface area contributed by atoms with Gasteiger partial charge in [-0.05, 0) is 39.3 Å². The van der Waals surface area contributed by atoms with Gasteiger partial charge in [0.1, 0.15) is 0 Å². The first-order valence-electron chi connectivity index (χ1n) is 4.63. The van der Waals surface area contributed by atoms with Crippen LogP contribution >= 0.6 is 0 Å². The monoisotopic (exact) mass is 158 g/mol. The van der Waals surface area contributed by atoms with Gasteiger partial charge in [-0.15, -0.1) is 0 Å². The summed E-state index contributed by atoms with van der Waals surface area (Å²) in [4.78, 5) is 0. The van der Waals surface area contributed by atoms with Gasteiger partial charge in [0.15, 0.2) is 0 Å². The molecule has 0 fully saturated rings. The Morgan fingerprint density at radius 1 is 1.27 bits per heavy atom. The minimum Gasteiger partial charge on any atom is -0.330 e. The van der Waals surface area contributed by atoms with Gasteiger partial charge in [0.2, 0.25) is 0 Å². The van der Waals surface area contributed by atoms with E-state index < -0.39 is 0 Å². The summed E-state index contributed by atoms with van der Waals surface area (Å²) >= 11 is 0. The Kier molecular flexibility index (Phi) is 5.51. The molecule has 11 heavy (non-hydrogen) atoms. The highest BCUT2D eigenvalue weighted by molar-refractivity contribution is 4.79. The average molecular weight is 158 g/mol. The molecule has 68 valence electrons. The summed E-state index contributed by atoms with van der Waals surface area (Å²) in [5.41, 5.74) is 5.73. The molecule has 3 N–H and O–H groups in total. The molecule has 0 aromatic carbocycles. The quantitative estimate of drug-likeness (QED) is 0.575. The number of hydrogen-bond acceptors (Lipinski definition) is 2. The van der Waals surface area contributed by atoms with E-state index in [1.54, 1.807) is 0 Å². The number of nitrogens with two attached hydrogens (primary N) is 1. The van der Waals surface area contributed by atoms with Crippen LogP contribution < -0.4 is 11.1 Å². The van der Waals surface area contributed by atoms with Crippen LogP contribution in [-0.4, -0.2) is 18.6 Å². The van der Waals surface area contributed by atoms with Crippen molar-refractivity contribution in [3.05, 3.63) is 0 Å². The Morgan fingerprint density at radius 2 is 1.82 bits per heavy atom. The highest BCUT2D eigenvalue weighted by Gasteiger charge is 2.16. The van der Waals surface area contributed by atoms with Crippen molar-refractivity contribution in [2.45, 2.75) is 45.6 Å². The van der Waals surface area contributed by atoms with E-state index in [1.165, 1.54) is 12.8 Å². The Morgan fingerprint density at radius 3 is 2.18 bits per heavy atom. The first-order chi connectivity index (χ1) is 5.18. The number of hydrogen-bond donors (Lipinski definition) is 2. The molecule has 0 amide bonds. The van der Waals surface area contributed by atoms with Crippen LogP contribution in [0, 0.1) is 0 Å². The molecule has 0 aromatic heterocycles. The van der Waals surface area contributed by atoms with E-state index in [-0.39, 0.29) is 0 Å². The van der Waals surface area contributed by atoms with E-state index in [0.717, 1.165) is 19.5 Å². The SMILES string of the molecule is CCC(C)(CC)NCCCN. The van der Waals surface area contributed by atoms with Crippen molar-refractivity contribution >= 4 is 0 Å². The lowest BCUT2D eigenvalue weighted by atomic mass is 9.95. The summed E-state index contributed by atoms with van der Waals surface area (Å²) < 4.78 is 0. The van der Waals surface area contributed by atoms with Gasteiger partial charge in [-0.1, -0.05) is 13.8 Å². The van der Waals surface area contributed by atoms with E-state index in [9.17, 15) is 0 Å². The van der Waals surface area contributed by atoms with Crippen LogP contribution in [0.5, 0.6) is 0 Å². The first kappa shape index (κ1) is 10.9. The van der Waals surface area contributed by atoms with Gasteiger partial charge in [0, 0.05) is 5.54 Å². The molecular weight excluding hydrogens is 136 g/mol. The molecule has 0 bridgehead atoms. The predicted molar refractivity (Wildman–Crippen MR) is 50.7 cm³/mol. The lowest BCUT2D eigenvalue weighted by Crippen LogP contribution is -2.41. The van der Waals surface area contributed by atoms with Crippen LogP contribution in [-0.2, 0) is 0 Å². The fourth-order valence-electron chi connectivity index (χ4n) is 0.992. The number of nitrogens with one attached hydrogen (secondary N) is 1. The van der Waals surface area contributed by atoms with Crippen molar-refractivity contribution in [1.82, 2.24) is 5.32 Å². The second kappa shape index (κ2) is 5.56. The Bertz CT molecular complexity index is 87.6. The second-order valence-corrected chi connectivity index (χ2v) is 3.34. The summed E-state index contributed by atoms with van der Waals surface area (Å²) in [5, 5.41) is 3.52. The van der Waals surface area contributed by atoms with Gasteiger partial charge in [0.05, 0.1) is 0 Å². The standard InChI is InChI=1S/C9H22N2/c1-4-9(3,5-2)11-8-6-7-10/h11H,4-8,10H2,1-3H3. The maximum Gasteiger partial charge on any atom is 0.0148 e. The van der Waals surface area contributed by atoms with Crippen molar-refractivity contribution in [3.63, 3.8) is 0 Å². The maximum absolute atomic E-state index is 5.40. The first-order valence-corrected chi connectivity index (χ1v) is 4.63. The third-order valence-electron chi connectivity index (χ3n) is 2.49. The van der Waals surface area contributed by atoms with Gasteiger partial charge in [-0.25, -0.2) is 0 Å². The summed E-state index contributed by atoms with van der Waals surface area (Å²) in [6.07, 6.45) is 3.46. The molecule has 0 aliphatic rings. The topological polar surface area (TPSA) is 38.0 Å². The molecule has 0 spiro atoms. The molecule has 0 aliphatic heterocycles. The molecule has 0 aromatic rings. The molecule has 0 aliphatic carbocycles. The fourth-order valence-corrected chi connectivity index (χ4v) is 0.992. The van der Waals surface area contributed by atoms with E-state index in [1.807, 2.05) is 0 Å². The average Bonchev–Trinajstić information content (AvgIpc) is 2.05. The molecule has 0 radical (unpaired) electrons. The van der Waals surface area contributed by atoms with Crippen LogP contribution in [0.15, 0.2) is 0 Å². The highest BCUT2D eigenvalue weighted by atomic mass is 15.0. The highest BCUT2D eigenvalue weighted by Crippen LogP contribution is 2.12. The third kappa shape index (κ3) is 4.38. The molecule has 0 saturated heterocycles. The van der Waals surface area contributed by atoms with Gasteiger partial charge in [0.25, 0.3) is 0 Å². The van der Waals surface area contributed by atoms with Gasteiger partial charge >= 0.3 is 0 Å². The molecule has 2 heteroatoms. The zero-order valence-corrected chi connectivity index (χ0v) is 8.11. The van der Waals surface area contributed by atoms with Crippen molar-refractivity contribution in [1.29, 1.82) is 0 Å². The number of rotatable bonds is 6. The van der Waals surface area contributed by atoms with Gasteiger partial charge in [-0.2, -0.15) is 0 Å². The maximum atomic E-state index is 5.40. The third-order valence-corrected chi connectivity index (χ3v) is 2.49. The normalized spacial score (nSPS) is 12.0. The Balaban J connectivity index is 3.51. The minimum absolute atomic E-state index is 0.329. The van der Waals surface area contributed by atoms with Crippen LogP contribution in [0.25, 0.3) is 0 Å². The van der Waals surface area contributed by atoms with Crippen molar-refractivity contribution in [2.75, 3.05) is 13.1 Å². The Labute approximate surface area is 70.5 Å². The summed E-state index contributed by atoms with van der Waals surface area (Å²) in [6.45, 7) is 8.55. The molecular formula is C9H22N2. The van der Waals surface area contributed by atoms with Crippen molar-refractivity contribution in [2.24, 2.45) is 5.73 Å². The van der Waals surface area contributed by atoms with E-state index >= 15 is 0 Å². The molecule has 0 atom stereocenters. The van der Waals surface area contributed by atoms with Crippen LogP contribution in [0.2, 0.25) is 0 Å². The second-order valence-electron chi connectivity index (χ2n) is 3.34. The molecule has 0 rings (SSSR count). The Hall–Kier alpha value is -0.0800. The molecule has 0 unspecified atom stereocenters. The van der Waals surface area contributed by atoms with Gasteiger partial charge in [-0.3, -0.25) is 0 Å². The van der Waals surface area contributed by atoms with Crippen LogP contribution in [0.1, 0.15) is 40.0 Å². The summed E-state index contributed by atoms with van der Waals surface area (Å²) in [7, 11) is 0. The zero-order chi connectivity index (χ0) is 8.74. The smallest absolute Gasteiger partial charge is 0.0148 e.